The Kier molecular flexibility index (Phi) is 5.45. The predicted molar refractivity (Wildman–Crippen MR) is 101 cm³/mol. The Morgan fingerprint density at radius 2 is 1.64 bits per heavy atom. The lowest BCUT2D eigenvalue weighted by Gasteiger charge is -2.21. The standard InChI is InChI=1S/C20H25NO3S/c1-16(2)20-18(15-24-14-17-9-5-3-6-10-17)13-21(25(20,22)23)19-11-7-4-8-12-19/h3-12,16,18,20H,13-15H2,1-2H3/t18-,20-/m0/s1. The molecule has 4 nitrogen and oxygen atoms in total. The summed E-state index contributed by atoms with van der Waals surface area (Å²) in [6.07, 6.45) is 0. The average Bonchev–Trinajstić information content (AvgIpc) is 2.87. The number of sulfonamides is 1. The first kappa shape index (κ1) is 18.0. The highest BCUT2D eigenvalue weighted by molar-refractivity contribution is 7.93. The molecule has 2 aromatic rings. The molecule has 5 heteroatoms. The smallest absolute Gasteiger partial charge is 0.238 e. The molecule has 0 bridgehead atoms. The summed E-state index contributed by atoms with van der Waals surface area (Å²) in [6, 6.07) is 19.3. The van der Waals surface area contributed by atoms with Gasteiger partial charge >= 0.3 is 0 Å². The molecule has 25 heavy (non-hydrogen) atoms. The van der Waals surface area contributed by atoms with E-state index in [9.17, 15) is 8.42 Å². The van der Waals surface area contributed by atoms with Crippen molar-refractivity contribution in [2.24, 2.45) is 11.8 Å². The second kappa shape index (κ2) is 7.58. The van der Waals surface area contributed by atoms with Gasteiger partial charge in [-0.3, -0.25) is 4.31 Å². The first-order chi connectivity index (χ1) is 12.0. The molecule has 0 aromatic heterocycles. The van der Waals surface area contributed by atoms with Crippen LogP contribution in [0.3, 0.4) is 0 Å². The molecule has 1 aliphatic rings. The minimum atomic E-state index is -3.37. The van der Waals surface area contributed by atoms with Crippen LogP contribution in [0.5, 0.6) is 0 Å². The van der Waals surface area contributed by atoms with E-state index in [0.29, 0.717) is 19.8 Å². The summed E-state index contributed by atoms with van der Waals surface area (Å²) in [4.78, 5) is 0. The molecule has 2 aromatic carbocycles. The zero-order valence-electron chi connectivity index (χ0n) is 14.7. The normalized spacial score (nSPS) is 22.4. The third-order valence-electron chi connectivity index (χ3n) is 4.66. The average molecular weight is 359 g/mol. The van der Waals surface area contributed by atoms with Crippen molar-refractivity contribution < 1.29 is 13.2 Å². The molecular formula is C20H25NO3S. The number of para-hydroxylation sites is 1. The molecular weight excluding hydrogens is 334 g/mol. The van der Waals surface area contributed by atoms with Crippen LogP contribution >= 0.6 is 0 Å². The highest BCUT2D eigenvalue weighted by atomic mass is 32.2. The fourth-order valence-corrected chi connectivity index (χ4v) is 6.04. The maximum Gasteiger partial charge on any atom is 0.238 e. The van der Waals surface area contributed by atoms with Crippen LogP contribution in [0, 0.1) is 11.8 Å². The maximum absolute atomic E-state index is 13.0. The molecule has 1 fully saturated rings. The van der Waals surface area contributed by atoms with Gasteiger partial charge in [-0.1, -0.05) is 62.4 Å². The van der Waals surface area contributed by atoms with E-state index in [2.05, 4.69) is 0 Å². The van der Waals surface area contributed by atoms with E-state index in [1.807, 2.05) is 74.5 Å². The van der Waals surface area contributed by atoms with Crippen molar-refractivity contribution in [1.29, 1.82) is 0 Å². The van der Waals surface area contributed by atoms with Crippen LogP contribution in [0.1, 0.15) is 19.4 Å². The van der Waals surface area contributed by atoms with Gasteiger partial charge in [0.15, 0.2) is 0 Å². The van der Waals surface area contributed by atoms with Crippen LogP contribution in [0.2, 0.25) is 0 Å². The number of anilines is 1. The number of ether oxygens (including phenoxy) is 1. The van der Waals surface area contributed by atoms with Gasteiger partial charge in [0.1, 0.15) is 0 Å². The van der Waals surface area contributed by atoms with Crippen molar-refractivity contribution in [1.82, 2.24) is 0 Å². The first-order valence-corrected chi connectivity index (χ1v) is 10.2. The van der Waals surface area contributed by atoms with Crippen molar-refractivity contribution in [2.75, 3.05) is 17.5 Å². The monoisotopic (exact) mass is 359 g/mol. The zero-order valence-corrected chi connectivity index (χ0v) is 15.5. The van der Waals surface area contributed by atoms with Gasteiger partial charge in [0.25, 0.3) is 0 Å². The molecule has 3 rings (SSSR count). The van der Waals surface area contributed by atoms with E-state index in [-0.39, 0.29) is 11.8 Å². The first-order valence-electron chi connectivity index (χ1n) is 8.68. The van der Waals surface area contributed by atoms with Crippen molar-refractivity contribution in [2.45, 2.75) is 25.7 Å². The lowest BCUT2D eigenvalue weighted by molar-refractivity contribution is 0.0868. The molecule has 134 valence electrons. The molecule has 0 unspecified atom stereocenters. The number of rotatable bonds is 6. The minimum absolute atomic E-state index is 0.0334. The zero-order chi connectivity index (χ0) is 17.9. The van der Waals surface area contributed by atoms with Gasteiger partial charge in [0.05, 0.1) is 24.2 Å². The van der Waals surface area contributed by atoms with Crippen LogP contribution in [0.25, 0.3) is 0 Å². The second-order valence-electron chi connectivity index (χ2n) is 6.88. The van der Waals surface area contributed by atoms with Crippen molar-refractivity contribution >= 4 is 15.7 Å². The van der Waals surface area contributed by atoms with Gasteiger partial charge in [-0.25, -0.2) is 8.42 Å². The Bertz CT molecular complexity index is 775. The Morgan fingerprint density at radius 3 is 2.24 bits per heavy atom. The molecule has 0 aliphatic carbocycles. The van der Waals surface area contributed by atoms with Crippen LogP contribution in [-0.4, -0.2) is 26.8 Å². The molecule has 1 aliphatic heterocycles. The Balaban J connectivity index is 1.74. The summed E-state index contributed by atoms with van der Waals surface area (Å²) in [7, 11) is -3.37. The summed E-state index contributed by atoms with van der Waals surface area (Å²) in [5, 5.41) is -0.413. The third-order valence-corrected chi connectivity index (χ3v) is 7.25. The molecule has 0 spiro atoms. The summed E-state index contributed by atoms with van der Waals surface area (Å²) < 4.78 is 33.5. The van der Waals surface area contributed by atoms with Crippen LogP contribution in [-0.2, 0) is 21.4 Å². The van der Waals surface area contributed by atoms with E-state index >= 15 is 0 Å². The fourth-order valence-electron chi connectivity index (χ4n) is 3.60. The van der Waals surface area contributed by atoms with Crippen molar-refractivity contribution in [3.05, 3.63) is 66.2 Å². The van der Waals surface area contributed by atoms with Gasteiger partial charge in [-0.05, 0) is 23.6 Å². The number of hydrogen-bond donors (Lipinski definition) is 0. The molecule has 0 amide bonds. The van der Waals surface area contributed by atoms with Crippen molar-refractivity contribution in [3.8, 4) is 0 Å². The lowest BCUT2D eigenvalue weighted by atomic mass is 9.97. The van der Waals surface area contributed by atoms with E-state index in [1.54, 1.807) is 4.31 Å². The number of benzene rings is 2. The topological polar surface area (TPSA) is 46.6 Å². The summed E-state index contributed by atoms with van der Waals surface area (Å²) in [6.45, 7) is 5.37. The maximum atomic E-state index is 13.0. The molecule has 1 heterocycles. The second-order valence-corrected chi connectivity index (χ2v) is 8.90. The fraction of sp³-hybridized carbons (Fsp3) is 0.400. The minimum Gasteiger partial charge on any atom is -0.376 e. The van der Waals surface area contributed by atoms with Crippen LogP contribution in [0.15, 0.2) is 60.7 Å². The van der Waals surface area contributed by atoms with E-state index in [1.165, 1.54) is 0 Å². The van der Waals surface area contributed by atoms with Gasteiger partial charge < -0.3 is 4.74 Å². The summed E-state index contributed by atoms with van der Waals surface area (Å²) in [5.41, 5.74) is 1.84. The third kappa shape index (κ3) is 3.88. The lowest BCUT2D eigenvalue weighted by Crippen LogP contribution is -2.33. The number of hydrogen-bond acceptors (Lipinski definition) is 3. The molecule has 0 saturated carbocycles. The summed E-state index contributed by atoms with van der Waals surface area (Å²) >= 11 is 0. The van der Waals surface area contributed by atoms with Gasteiger partial charge in [-0.15, -0.1) is 0 Å². The molecule has 2 atom stereocenters. The van der Waals surface area contributed by atoms with E-state index in [4.69, 9.17) is 4.74 Å². The Morgan fingerprint density at radius 1 is 1.04 bits per heavy atom. The highest BCUT2D eigenvalue weighted by Gasteiger charge is 2.47. The summed E-state index contributed by atoms with van der Waals surface area (Å²) in [5.74, 6) is 0.0120. The molecule has 0 N–H and O–H groups in total. The molecule has 1 saturated heterocycles. The molecule has 0 radical (unpaired) electrons. The SMILES string of the molecule is CC(C)[C@H]1[C@H](COCc2ccccc2)CN(c2ccccc2)S1(=O)=O. The number of nitrogens with zero attached hydrogens (tertiary/aromatic N) is 1. The van der Waals surface area contributed by atoms with E-state index < -0.39 is 15.3 Å². The highest BCUT2D eigenvalue weighted by Crippen LogP contribution is 2.36. The van der Waals surface area contributed by atoms with Gasteiger partial charge in [0, 0.05) is 12.5 Å². The van der Waals surface area contributed by atoms with Crippen LogP contribution < -0.4 is 4.31 Å². The Labute approximate surface area is 150 Å². The Hall–Kier alpha value is -1.85. The van der Waals surface area contributed by atoms with Crippen LogP contribution in [0.4, 0.5) is 5.69 Å². The van der Waals surface area contributed by atoms with E-state index in [0.717, 1.165) is 11.3 Å². The quantitative estimate of drug-likeness (QED) is 0.790. The van der Waals surface area contributed by atoms with Gasteiger partial charge in [-0.2, -0.15) is 0 Å². The van der Waals surface area contributed by atoms with Gasteiger partial charge in [0.2, 0.25) is 10.0 Å². The van der Waals surface area contributed by atoms with Crippen molar-refractivity contribution in [3.63, 3.8) is 0 Å². The predicted octanol–water partition coefficient (Wildman–Crippen LogP) is 3.69. The largest absolute Gasteiger partial charge is 0.376 e.